The maximum atomic E-state index is 13.6. The van der Waals surface area contributed by atoms with Gasteiger partial charge >= 0.3 is 18.0 Å². The van der Waals surface area contributed by atoms with Gasteiger partial charge in [-0.3, -0.25) is 9.59 Å². The summed E-state index contributed by atoms with van der Waals surface area (Å²) in [6.45, 7) is 13.8. The second kappa shape index (κ2) is 79.6. The van der Waals surface area contributed by atoms with Crippen LogP contribution in [0.25, 0.3) is 0 Å². The molecule has 0 unspecified atom stereocenters. The summed E-state index contributed by atoms with van der Waals surface area (Å²) in [4.78, 5) is 45.0. The first-order valence-corrected chi connectivity index (χ1v) is 41.8. The lowest BCUT2D eigenvalue weighted by Crippen LogP contribution is -2.60. The average Bonchev–Trinajstić information content (AvgIpc) is 0.820. The van der Waals surface area contributed by atoms with Crippen molar-refractivity contribution in [1.82, 2.24) is 5.32 Å². The minimum atomic E-state index is -1.77. The van der Waals surface area contributed by atoms with E-state index in [1.165, 1.54) is 167 Å². The van der Waals surface area contributed by atoms with Gasteiger partial charge in [-0.15, -0.1) is 0 Å². The maximum Gasteiger partial charge on any atom is 0.410 e. The number of methoxy groups -OCH3 is 1. The molecular formula is C80H154N2O25. The molecule has 1 aliphatic rings. The second-order valence-corrected chi connectivity index (χ2v) is 27.8. The molecule has 0 saturated carbocycles. The number of hydrogen-bond donors (Lipinski definition) is 6. The van der Waals surface area contributed by atoms with Crippen LogP contribution in [-0.4, -0.2) is 271 Å². The molecule has 1 saturated heterocycles. The number of aliphatic hydroxyl groups excluding tert-OH is 5. The molecule has 6 N–H and O–H groups in total. The van der Waals surface area contributed by atoms with Gasteiger partial charge in [0.15, 0.2) is 6.29 Å². The average molecular weight is 1540 g/mol. The Balaban J connectivity index is 2.47. The molecule has 27 nitrogen and oxygen atoms in total. The van der Waals surface area contributed by atoms with Gasteiger partial charge in [0.2, 0.25) is 6.79 Å². The van der Waals surface area contributed by atoms with Crippen molar-refractivity contribution in [2.24, 2.45) is 5.16 Å². The number of unbranched alkanes of at least 4 members (excludes halogenated alkanes) is 33. The van der Waals surface area contributed by atoms with Crippen LogP contribution in [0.2, 0.25) is 0 Å². The number of esters is 2. The Kier molecular flexibility index (Phi) is 75.9. The molecule has 0 spiro atoms. The van der Waals surface area contributed by atoms with E-state index in [-0.39, 0.29) is 38.9 Å². The molecule has 0 bridgehead atoms. The van der Waals surface area contributed by atoms with Crippen molar-refractivity contribution in [2.75, 3.05) is 172 Å². The summed E-state index contributed by atoms with van der Waals surface area (Å²) in [7, 11) is 1.64. The van der Waals surface area contributed by atoms with Crippen LogP contribution in [0.15, 0.2) is 5.16 Å². The molecule has 0 radical (unpaired) electrons. The van der Waals surface area contributed by atoms with Crippen LogP contribution in [0.4, 0.5) is 4.79 Å². The number of hydrogen-bond acceptors (Lipinski definition) is 26. The highest BCUT2D eigenvalue weighted by molar-refractivity contribution is 5.85. The predicted molar refractivity (Wildman–Crippen MR) is 411 cm³/mol. The highest BCUT2D eigenvalue weighted by Gasteiger charge is 2.45. The summed E-state index contributed by atoms with van der Waals surface area (Å²) in [5, 5.41) is 60.2. The molecule has 1 rings (SSSR count). The summed E-state index contributed by atoms with van der Waals surface area (Å²) in [6, 6.07) is -1.37. The van der Waals surface area contributed by atoms with Gasteiger partial charge in [-0.25, -0.2) is 4.79 Å². The molecule has 1 fully saturated rings. The van der Waals surface area contributed by atoms with Gasteiger partial charge in [0.05, 0.1) is 170 Å². The number of aliphatic hydroxyl groups is 5. The zero-order chi connectivity index (χ0) is 77.6. The van der Waals surface area contributed by atoms with Crippen molar-refractivity contribution >= 4 is 23.7 Å². The van der Waals surface area contributed by atoms with Gasteiger partial charge in [0, 0.05) is 13.5 Å². The fourth-order valence-corrected chi connectivity index (χ4v) is 11.9. The van der Waals surface area contributed by atoms with Gasteiger partial charge in [0.25, 0.3) is 0 Å². The normalized spacial score (nSPS) is 17.0. The monoisotopic (exact) mass is 1540 g/mol. The first kappa shape index (κ1) is 102. The van der Waals surface area contributed by atoms with Gasteiger partial charge in [-0.2, -0.15) is 0 Å². The Morgan fingerprint density at radius 1 is 0.411 bits per heavy atom. The van der Waals surface area contributed by atoms with Crippen molar-refractivity contribution < 1.29 is 121 Å². The third kappa shape index (κ3) is 66.1. The van der Waals surface area contributed by atoms with Crippen molar-refractivity contribution in [3.8, 4) is 0 Å². The zero-order valence-electron chi connectivity index (χ0n) is 67.2. The Labute approximate surface area is 644 Å². The standard InChI is InChI=1S/C80H154N2O25/c1-5-7-9-11-13-15-17-19-20-21-22-23-24-25-26-27-28-29-31-33-35-37-39-41-74(85)106-71(40-38-36-34-32-30-18-16-14-12-10-8-6-2)75(86)70(67-102-79-78(89)77(88)76(87)72(66-83)107-79)81-80(90)104-68-103-73(84)43-42-69(3)82-105-65-64-101-63-62-100-61-60-99-59-58-98-57-56-97-55-54-96-53-52-95-51-50-94-49-48-93-47-46-92-45-44-91-4/h70-72,75-79,83,86-89H,5-68H2,1-4H3,(H,81,90)/b82-69+/t70-,71+,72+,75-,76-,77-,78+,79-/m0/s1. The van der Waals surface area contributed by atoms with E-state index in [1.807, 2.05) is 0 Å². The predicted octanol–water partition coefficient (Wildman–Crippen LogP) is 12.1. The third-order valence-electron chi connectivity index (χ3n) is 18.4. The Morgan fingerprint density at radius 3 is 1.12 bits per heavy atom. The minimum Gasteiger partial charge on any atom is -0.460 e. The van der Waals surface area contributed by atoms with Crippen LogP contribution in [0.1, 0.15) is 271 Å². The highest BCUT2D eigenvalue weighted by Crippen LogP contribution is 2.25. The fraction of sp³-hybridized carbons (Fsp3) is 0.950. The summed E-state index contributed by atoms with van der Waals surface area (Å²) in [5.41, 5.74) is 0.507. The summed E-state index contributed by atoms with van der Waals surface area (Å²) in [5.74, 6) is -1.18. The number of amides is 1. The summed E-state index contributed by atoms with van der Waals surface area (Å²) in [6.07, 6.45) is 31.1. The van der Waals surface area contributed by atoms with Crippen LogP contribution in [-0.2, 0) is 90.2 Å². The van der Waals surface area contributed by atoms with Crippen molar-refractivity contribution in [3.63, 3.8) is 0 Å². The molecule has 1 amide bonds. The van der Waals surface area contributed by atoms with Crippen LogP contribution < -0.4 is 5.32 Å². The number of nitrogens with zero attached hydrogens (tertiary/aromatic N) is 1. The van der Waals surface area contributed by atoms with E-state index in [0.29, 0.717) is 151 Å². The SMILES string of the molecule is CCCCCCCCCCCCCCCCCCCCCCCCCC(=O)O[C@H](CCCCCCCCCCCCCC)[C@@H](O)[C@H](CO[C@H]1O[C@H](CO)[C@H](O)[C@H](O)[C@H]1O)NC(=O)OCOC(=O)CC/C(C)=N/OCCOCCOCCOCCOCCOCCOCCOCCOCCOCCOCCOC. The Hall–Kier alpha value is -3.04. The molecule has 1 heterocycles. The van der Waals surface area contributed by atoms with Crippen molar-refractivity contribution in [1.29, 1.82) is 0 Å². The minimum absolute atomic E-state index is 0.108. The van der Waals surface area contributed by atoms with E-state index in [4.69, 9.17) is 80.6 Å². The smallest absolute Gasteiger partial charge is 0.410 e. The lowest BCUT2D eigenvalue weighted by Gasteiger charge is -2.40. The van der Waals surface area contributed by atoms with E-state index in [2.05, 4.69) is 24.3 Å². The first-order chi connectivity index (χ1) is 52.5. The highest BCUT2D eigenvalue weighted by atomic mass is 16.7. The van der Waals surface area contributed by atoms with E-state index in [1.54, 1.807) is 14.0 Å². The third-order valence-corrected chi connectivity index (χ3v) is 18.4. The van der Waals surface area contributed by atoms with Gasteiger partial charge in [-0.1, -0.05) is 231 Å². The molecule has 0 aromatic heterocycles. The molecule has 8 atom stereocenters. The molecule has 0 aliphatic carbocycles. The van der Waals surface area contributed by atoms with E-state index in [0.717, 1.165) is 44.9 Å². The first-order valence-electron chi connectivity index (χ1n) is 41.8. The number of carbonyl (C=O) groups excluding carboxylic acids is 3. The quantitative estimate of drug-likeness (QED) is 0.0108. The summed E-state index contributed by atoms with van der Waals surface area (Å²) >= 11 is 0. The van der Waals surface area contributed by atoms with Crippen LogP contribution in [0, 0.1) is 0 Å². The Bertz CT molecular complexity index is 1940. The van der Waals surface area contributed by atoms with Gasteiger partial charge in [0.1, 0.15) is 43.2 Å². The van der Waals surface area contributed by atoms with Crippen molar-refractivity contribution in [3.05, 3.63) is 0 Å². The molecule has 634 valence electrons. The lowest BCUT2D eigenvalue weighted by molar-refractivity contribution is -0.303. The van der Waals surface area contributed by atoms with Crippen molar-refractivity contribution in [2.45, 2.75) is 320 Å². The van der Waals surface area contributed by atoms with Gasteiger partial charge < -0.3 is 111 Å². The van der Waals surface area contributed by atoms with Crippen LogP contribution in [0.3, 0.4) is 0 Å². The van der Waals surface area contributed by atoms with Crippen LogP contribution in [0.5, 0.6) is 0 Å². The number of nitrogens with one attached hydrogen (secondary N) is 1. The Morgan fingerprint density at radius 2 is 0.757 bits per heavy atom. The van der Waals surface area contributed by atoms with E-state index >= 15 is 0 Å². The van der Waals surface area contributed by atoms with E-state index < -0.39 is 87.0 Å². The number of oxime groups is 1. The molecule has 27 heteroatoms. The number of rotatable bonds is 84. The molecular weight excluding hydrogens is 1390 g/mol. The molecule has 0 aromatic carbocycles. The fourth-order valence-electron chi connectivity index (χ4n) is 11.9. The molecule has 107 heavy (non-hydrogen) atoms. The molecule has 1 aliphatic heterocycles. The van der Waals surface area contributed by atoms with E-state index in [9.17, 15) is 39.9 Å². The number of ether oxygens (including phenoxy) is 16. The number of carbonyl (C=O) groups is 3. The topological polar surface area (TPSA) is 334 Å². The number of alkyl carbamates (subject to hydrolysis) is 1. The summed E-state index contributed by atoms with van der Waals surface area (Å²) < 4.78 is 87.6. The zero-order valence-corrected chi connectivity index (χ0v) is 67.2. The van der Waals surface area contributed by atoms with Crippen LogP contribution >= 0.6 is 0 Å². The maximum absolute atomic E-state index is 13.6. The second-order valence-electron chi connectivity index (χ2n) is 27.8. The lowest BCUT2D eigenvalue weighted by atomic mass is 9.98. The van der Waals surface area contributed by atoms with Gasteiger partial charge in [-0.05, 0) is 32.6 Å². The molecule has 0 aromatic rings. The largest absolute Gasteiger partial charge is 0.460 e.